The normalized spacial score (nSPS) is 19.2. The van der Waals surface area contributed by atoms with Gasteiger partial charge in [0.05, 0.1) is 0 Å². The van der Waals surface area contributed by atoms with Crippen LogP contribution in [-0.4, -0.2) is 12.5 Å². The van der Waals surface area contributed by atoms with E-state index in [4.69, 9.17) is 0 Å². The fourth-order valence-electron chi connectivity index (χ4n) is 3.52. The zero-order valence-electron chi connectivity index (χ0n) is 12.0. The monoisotopic (exact) mass is 275 g/mol. The summed E-state index contributed by atoms with van der Waals surface area (Å²) in [7, 11) is 0. The molecule has 0 saturated carbocycles. The van der Waals surface area contributed by atoms with E-state index in [1.807, 2.05) is 35.2 Å². The molecule has 2 aliphatic rings. The number of anilines is 1. The summed E-state index contributed by atoms with van der Waals surface area (Å²) in [6.07, 6.45) is 3.34. The van der Waals surface area contributed by atoms with Crippen molar-refractivity contribution in [3.8, 4) is 0 Å². The van der Waals surface area contributed by atoms with E-state index >= 15 is 0 Å². The van der Waals surface area contributed by atoms with E-state index in [1.54, 1.807) is 0 Å². The largest absolute Gasteiger partial charge is 0.307 e. The molecule has 1 heterocycles. The Bertz CT molecular complexity index is 745. The predicted octanol–water partition coefficient (Wildman–Crippen LogP) is 4.24. The van der Waals surface area contributed by atoms with Crippen LogP contribution in [0.4, 0.5) is 5.69 Å². The highest BCUT2D eigenvalue weighted by atomic mass is 16.2. The lowest BCUT2D eigenvalue weighted by Gasteiger charge is -2.18. The molecule has 104 valence electrons. The Morgan fingerprint density at radius 2 is 1.90 bits per heavy atom. The second-order valence-electron chi connectivity index (χ2n) is 5.84. The van der Waals surface area contributed by atoms with E-state index in [1.165, 1.54) is 16.7 Å². The molecule has 0 aromatic heterocycles. The molecule has 21 heavy (non-hydrogen) atoms. The molecule has 0 spiro atoms. The van der Waals surface area contributed by atoms with Crippen LogP contribution in [0.3, 0.4) is 0 Å². The Kier molecular flexibility index (Phi) is 2.71. The maximum absolute atomic E-state index is 12.8. The van der Waals surface area contributed by atoms with Crippen LogP contribution >= 0.6 is 0 Å². The number of nitrogens with zero attached hydrogens (tertiary/aromatic N) is 1. The van der Waals surface area contributed by atoms with Crippen molar-refractivity contribution < 1.29 is 4.79 Å². The van der Waals surface area contributed by atoms with E-state index in [-0.39, 0.29) is 5.91 Å². The van der Waals surface area contributed by atoms with Crippen molar-refractivity contribution in [1.29, 1.82) is 0 Å². The molecule has 0 fully saturated rings. The fourth-order valence-corrected chi connectivity index (χ4v) is 3.52. The lowest BCUT2D eigenvalue weighted by atomic mass is 9.85. The summed E-state index contributed by atoms with van der Waals surface area (Å²) in [5.41, 5.74) is 5.86. The molecule has 4 rings (SSSR count). The van der Waals surface area contributed by atoms with E-state index in [0.29, 0.717) is 5.92 Å². The third-order valence-electron chi connectivity index (χ3n) is 4.58. The number of carbonyl (C=O) groups excluding carboxylic acids is 1. The zero-order chi connectivity index (χ0) is 14.4. The highest BCUT2D eigenvalue weighted by Crippen LogP contribution is 2.46. The zero-order valence-corrected chi connectivity index (χ0v) is 12.0. The molecule has 0 radical (unpaired) electrons. The Morgan fingerprint density at radius 3 is 2.71 bits per heavy atom. The van der Waals surface area contributed by atoms with Gasteiger partial charge in [-0.15, -0.1) is 0 Å². The van der Waals surface area contributed by atoms with Crippen molar-refractivity contribution in [1.82, 2.24) is 0 Å². The van der Waals surface area contributed by atoms with Gasteiger partial charge in [0.1, 0.15) is 0 Å². The second kappa shape index (κ2) is 4.59. The maximum atomic E-state index is 12.8. The van der Waals surface area contributed by atoms with E-state index in [0.717, 1.165) is 24.2 Å². The van der Waals surface area contributed by atoms with Gasteiger partial charge in [0.2, 0.25) is 0 Å². The summed E-state index contributed by atoms with van der Waals surface area (Å²) in [6.45, 7) is 2.96. The summed E-state index contributed by atoms with van der Waals surface area (Å²) >= 11 is 0. The average molecular weight is 275 g/mol. The molecule has 0 bridgehead atoms. The van der Waals surface area contributed by atoms with Crippen molar-refractivity contribution in [2.24, 2.45) is 0 Å². The van der Waals surface area contributed by atoms with E-state index < -0.39 is 0 Å². The van der Waals surface area contributed by atoms with Crippen molar-refractivity contribution in [2.45, 2.75) is 19.3 Å². The first-order chi connectivity index (χ1) is 10.3. The Labute approximate surface area is 124 Å². The number of rotatable bonds is 1. The summed E-state index contributed by atoms with van der Waals surface area (Å²) in [6, 6.07) is 15.9. The van der Waals surface area contributed by atoms with Crippen molar-refractivity contribution >= 4 is 17.2 Å². The quantitative estimate of drug-likeness (QED) is 0.762. The molecule has 1 amide bonds. The number of benzene rings is 2. The molecule has 1 aliphatic heterocycles. The van der Waals surface area contributed by atoms with Gasteiger partial charge in [-0.3, -0.25) is 4.79 Å². The van der Waals surface area contributed by atoms with Gasteiger partial charge in [0.25, 0.3) is 5.91 Å². The first-order valence-corrected chi connectivity index (χ1v) is 7.42. The van der Waals surface area contributed by atoms with Gasteiger partial charge in [-0.2, -0.15) is 0 Å². The fraction of sp³-hybridized carbons (Fsp3) is 0.211. The first-order valence-electron chi connectivity index (χ1n) is 7.42. The van der Waals surface area contributed by atoms with Crippen LogP contribution in [0.1, 0.15) is 40.7 Å². The van der Waals surface area contributed by atoms with Gasteiger partial charge in [0.15, 0.2) is 0 Å². The summed E-state index contributed by atoms with van der Waals surface area (Å²) in [4.78, 5) is 14.7. The molecule has 2 aromatic rings. The van der Waals surface area contributed by atoms with Gasteiger partial charge < -0.3 is 4.90 Å². The number of carbonyl (C=O) groups is 1. The van der Waals surface area contributed by atoms with Gasteiger partial charge in [-0.05, 0) is 48.2 Å². The minimum Gasteiger partial charge on any atom is -0.307 e. The molecule has 0 saturated heterocycles. The van der Waals surface area contributed by atoms with Crippen LogP contribution in [0.5, 0.6) is 0 Å². The first kappa shape index (κ1) is 12.4. The van der Waals surface area contributed by atoms with Gasteiger partial charge >= 0.3 is 0 Å². The predicted molar refractivity (Wildman–Crippen MR) is 85.6 cm³/mol. The molecular formula is C19H17NO. The minimum absolute atomic E-state index is 0.107. The summed E-state index contributed by atoms with van der Waals surface area (Å²) in [5, 5.41) is 0. The maximum Gasteiger partial charge on any atom is 0.258 e. The van der Waals surface area contributed by atoms with Crippen LogP contribution in [0.2, 0.25) is 0 Å². The minimum atomic E-state index is 0.107. The summed E-state index contributed by atoms with van der Waals surface area (Å²) in [5.74, 6) is 0.559. The van der Waals surface area contributed by atoms with Gasteiger partial charge in [-0.1, -0.05) is 36.4 Å². The third kappa shape index (κ3) is 1.83. The molecule has 1 atom stereocenters. The van der Waals surface area contributed by atoms with Crippen LogP contribution in [0.25, 0.3) is 5.57 Å². The third-order valence-corrected chi connectivity index (χ3v) is 4.58. The Morgan fingerprint density at radius 1 is 1.10 bits per heavy atom. The lowest BCUT2D eigenvalue weighted by molar-refractivity contribution is 0.0988. The topological polar surface area (TPSA) is 20.3 Å². The van der Waals surface area contributed by atoms with Crippen LogP contribution in [0, 0.1) is 0 Å². The smallest absolute Gasteiger partial charge is 0.258 e. The van der Waals surface area contributed by atoms with E-state index in [2.05, 4.69) is 31.2 Å². The average Bonchev–Trinajstić information content (AvgIpc) is 2.91. The van der Waals surface area contributed by atoms with E-state index in [9.17, 15) is 4.79 Å². The number of allylic oxidation sites excluding steroid dienone is 2. The Balaban J connectivity index is 1.79. The van der Waals surface area contributed by atoms with Gasteiger partial charge in [-0.25, -0.2) is 0 Å². The van der Waals surface area contributed by atoms with Crippen LogP contribution < -0.4 is 4.90 Å². The van der Waals surface area contributed by atoms with Gasteiger partial charge in [0, 0.05) is 23.7 Å². The standard InChI is InChI=1S/C19H17NO/c1-13-10-11-15-12-20(17-9-5-8-16(13)18(15)17)19(21)14-6-3-2-4-7-14/h2-10,15H,11-12H2,1H3. The highest BCUT2D eigenvalue weighted by Gasteiger charge is 2.35. The molecule has 2 nitrogen and oxygen atoms in total. The van der Waals surface area contributed by atoms with Crippen LogP contribution in [-0.2, 0) is 0 Å². The molecular weight excluding hydrogens is 258 g/mol. The number of amides is 1. The Hall–Kier alpha value is -2.35. The van der Waals surface area contributed by atoms with Crippen molar-refractivity contribution in [3.63, 3.8) is 0 Å². The van der Waals surface area contributed by atoms with Crippen molar-refractivity contribution in [2.75, 3.05) is 11.4 Å². The van der Waals surface area contributed by atoms with Crippen LogP contribution in [0.15, 0.2) is 54.6 Å². The molecule has 1 aliphatic carbocycles. The molecule has 2 aromatic carbocycles. The highest BCUT2D eigenvalue weighted by molar-refractivity contribution is 6.08. The molecule has 2 heteroatoms. The van der Waals surface area contributed by atoms with Crippen molar-refractivity contribution in [3.05, 3.63) is 71.3 Å². The lowest BCUT2D eigenvalue weighted by Crippen LogP contribution is -2.29. The summed E-state index contributed by atoms with van der Waals surface area (Å²) < 4.78 is 0. The second-order valence-corrected chi connectivity index (χ2v) is 5.84. The SMILES string of the molecule is CC1=CCC2CN(C(=O)c3ccccc3)c3cccc1c32. The molecule has 1 unspecified atom stereocenters. The number of hydrogen-bond acceptors (Lipinski definition) is 1. The molecule has 0 N–H and O–H groups in total. The number of hydrogen-bond donors (Lipinski definition) is 0.